The minimum atomic E-state index is -0.538. The molecule has 1 aliphatic rings. The first-order chi connectivity index (χ1) is 14.2. The molecular weight excluding hydrogens is 369 g/mol. The number of aromatic amines is 1. The van der Waals surface area contributed by atoms with Crippen LogP contribution in [-0.4, -0.2) is 45.7 Å². The number of aromatic nitrogens is 4. The topological polar surface area (TPSA) is 66.9 Å². The Morgan fingerprint density at radius 1 is 1.17 bits per heavy atom. The van der Waals surface area contributed by atoms with E-state index in [0.717, 1.165) is 34.5 Å². The van der Waals surface area contributed by atoms with Gasteiger partial charge < -0.3 is 14.6 Å². The lowest BCUT2D eigenvalue weighted by Gasteiger charge is -2.34. The molecule has 0 aliphatic carbocycles. The molecule has 146 valence electrons. The first-order valence-corrected chi connectivity index (χ1v) is 9.60. The highest BCUT2D eigenvalue weighted by molar-refractivity contribution is 5.94. The van der Waals surface area contributed by atoms with Crippen molar-refractivity contribution in [2.75, 3.05) is 24.7 Å². The normalized spacial score (nSPS) is 17.0. The van der Waals surface area contributed by atoms with Crippen molar-refractivity contribution in [3.8, 4) is 22.5 Å². The summed E-state index contributed by atoms with van der Waals surface area (Å²) >= 11 is 0. The zero-order chi connectivity index (χ0) is 19.8. The van der Waals surface area contributed by atoms with Crippen LogP contribution in [0.15, 0.2) is 55.0 Å². The molecule has 29 heavy (non-hydrogen) atoms. The molecule has 0 amide bonds. The van der Waals surface area contributed by atoms with E-state index in [9.17, 15) is 4.39 Å². The van der Waals surface area contributed by atoms with Crippen LogP contribution in [0.5, 0.6) is 0 Å². The van der Waals surface area contributed by atoms with E-state index in [4.69, 9.17) is 9.72 Å². The van der Waals surface area contributed by atoms with Crippen molar-refractivity contribution >= 4 is 16.7 Å². The summed E-state index contributed by atoms with van der Waals surface area (Å²) in [4.78, 5) is 18.5. The summed E-state index contributed by atoms with van der Waals surface area (Å²) in [5.41, 5.74) is 3.40. The number of halogens is 1. The number of ether oxygens (including phenoxy) is 1. The van der Waals surface area contributed by atoms with Gasteiger partial charge in [-0.15, -0.1) is 0 Å². The van der Waals surface area contributed by atoms with Crippen LogP contribution in [0.25, 0.3) is 33.4 Å². The number of nitrogens with one attached hydrogen (secondary N) is 1. The van der Waals surface area contributed by atoms with Crippen LogP contribution < -0.4 is 4.90 Å². The van der Waals surface area contributed by atoms with Crippen molar-refractivity contribution < 1.29 is 9.13 Å². The summed E-state index contributed by atoms with van der Waals surface area (Å²) in [6.07, 6.45) is 5.03. The maximum atomic E-state index is 14.9. The predicted molar refractivity (Wildman–Crippen MR) is 110 cm³/mol. The molecule has 4 aromatic heterocycles. The Labute approximate surface area is 167 Å². The minimum Gasteiger partial charge on any atom is -0.377 e. The highest BCUT2D eigenvalue weighted by atomic mass is 19.1. The second kappa shape index (κ2) is 7.25. The Morgan fingerprint density at radius 2 is 2.10 bits per heavy atom. The van der Waals surface area contributed by atoms with Gasteiger partial charge in [0.25, 0.3) is 0 Å². The number of hydrogen-bond donors (Lipinski definition) is 1. The molecule has 5 rings (SSSR count). The van der Waals surface area contributed by atoms with Crippen molar-refractivity contribution in [3.05, 3.63) is 60.9 Å². The van der Waals surface area contributed by atoms with Gasteiger partial charge in [0.2, 0.25) is 5.95 Å². The fraction of sp³-hybridized carbons (Fsp3) is 0.227. The van der Waals surface area contributed by atoms with E-state index in [2.05, 4.69) is 26.8 Å². The zero-order valence-corrected chi connectivity index (χ0v) is 16.0. The van der Waals surface area contributed by atoms with Crippen molar-refractivity contribution in [1.29, 1.82) is 0 Å². The van der Waals surface area contributed by atoms with Gasteiger partial charge in [-0.3, -0.25) is 4.98 Å². The van der Waals surface area contributed by atoms with Gasteiger partial charge in [0, 0.05) is 29.9 Å². The quantitative estimate of drug-likeness (QED) is 0.536. The fourth-order valence-electron chi connectivity index (χ4n) is 3.79. The molecule has 1 saturated heterocycles. The molecule has 0 aromatic carbocycles. The Kier molecular flexibility index (Phi) is 4.44. The minimum absolute atomic E-state index is 0.175. The zero-order valence-electron chi connectivity index (χ0n) is 16.0. The molecule has 1 N–H and O–H groups in total. The average Bonchev–Trinajstić information content (AvgIpc) is 3.23. The smallest absolute Gasteiger partial charge is 0.223 e. The van der Waals surface area contributed by atoms with Crippen LogP contribution in [0.1, 0.15) is 6.92 Å². The summed E-state index contributed by atoms with van der Waals surface area (Å²) in [5.74, 6) is 0.245. The lowest BCUT2D eigenvalue weighted by molar-refractivity contribution is 0.0985. The SMILES string of the molecule is C[C@@H]1COCCN1c1cc(-c2ccccn2)cc(-c2c(F)ncc3[nH]ccc23)n1. The molecule has 0 spiro atoms. The van der Waals surface area contributed by atoms with E-state index in [1.54, 1.807) is 12.4 Å². The van der Waals surface area contributed by atoms with Crippen molar-refractivity contribution in [3.63, 3.8) is 0 Å². The lowest BCUT2D eigenvalue weighted by Crippen LogP contribution is -2.44. The molecule has 5 heterocycles. The van der Waals surface area contributed by atoms with Gasteiger partial charge in [-0.25, -0.2) is 9.97 Å². The van der Waals surface area contributed by atoms with Gasteiger partial charge in [-0.1, -0.05) is 6.07 Å². The van der Waals surface area contributed by atoms with Gasteiger partial charge in [0.05, 0.1) is 47.9 Å². The molecule has 1 fully saturated rings. The number of fused-ring (bicyclic) bond motifs is 1. The van der Waals surface area contributed by atoms with Crippen LogP contribution in [0.2, 0.25) is 0 Å². The molecule has 0 saturated carbocycles. The number of H-pyrrole nitrogens is 1. The highest BCUT2D eigenvalue weighted by Crippen LogP contribution is 2.34. The van der Waals surface area contributed by atoms with Gasteiger partial charge >= 0.3 is 0 Å². The van der Waals surface area contributed by atoms with E-state index in [0.29, 0.717) is 24.5 Å². The van der Waals surface area contributed by atoms with E-state index < -0.39 is 5.95 Å². The summed E-state index contributed by atoms with van der Waals surface area (Å²) < 4.78 is 20.4. The van der Waals surface area contributed by atoms with Gasteiger partial charge in [-0.2, -0.15) is 4.39 Å². The Bertz CT molecular complexity index is 1160. The predicted octanol–water partition coefficient (Wildman–Crippen LogP) is 4.05. The second-order valence-electron chi connectivity index (χ2n) is 7.16. The molecule has 0 unspecified atom stereocenters. The Hall–Kier alpha value is -3.32. The monoisotopic (exact) mass is 389 g/mol. The van der Waals surface area contributed by atoms with E-state index >= 15 is 0 Å². The average molecular weight is 389 g/mol. The number of anilines is 1. The molecule has 1 atom stereocenters. The third-order valence-corrected chi connectivity index (χ3v) is 5.25. The summed E-state index contributed by atoms with van der Waals surface area (Å²) in [5, 5.41) is 0.754. The Balaban J connectivity index is 1.73. The summed E-state index contributed by atoms with van der Waals surface area (Å²) in [7, 11) is 0. The van der Waals surface area contributed by atoms with Crippen molar-refractivity contribution in [2.45, 2.75) is 13.0 Å². The summed E-state index contributed by atoms with van der Waals surface area (Å²) in [6, 6.07) is 11.7. The van der Waals surface area contributed by atoms with Crippen LogP contribution >= 0.6 is 0 Å². The van der Waals surface area contributed by atoms with E-state index in [1.807, 2.05) is 36.4 Å². The molecule has 0 bridgehead atoms. The Morgan fingerprint density at radius 3 is 2.93 bits per heavy atom. The number of nitrogens with zero attached hydrogens (tertiary/aromatic N) is 4. The fourth-order valence-corrected chi connectivity index (χ4v) is 3.79. The number of morpholine rings is 1. The molecule has 7 heteroatoms. The number of rotatable bonds is 3. The summed E-state index contributed by atoms with van der Waals surface area (Å²) in [6.45, 7) is 4.10. The van der Waals surface area contributed by atoms with Gasteiger partial charge in [0.15, 0.2) is 0 Å². The first-order valence-electron chi connectivity index (χ1n) is 9.60. The molecular formula is C22H20FN5O. The van der Waals surface area contributed by atoms with E-state index in [-0.39, 0.29) is 6.04 Å². The maximum absolute atomic E-state index is 14.9. The van der Waals surface area contributed by atoms with Crippen molar-refractivity contribution in [2.24, 2.45) is 0 Å². The number of hydrogen-bond acceptors (Lipinski definition) is 5. The lowest BCUT2D eigenvalue weighted by atomic mass is 10.0. The number of pyridine rings is 3. The highest BCUT2D eigenvalue weighted by Gasteiger charge is 2.23. The van der Waals surface area contributed by atoms with E-state index in [1.165, 1.54) is 6.20 Å². The van der Waals surface area contributed by atoms with Crippen LogP contribution in [0, 0.1) is 5.95 Å². The molecule has 4 aromatic rings. The maximum Gasteiger partial charge on any atom is 0.223 e. The molecule has 6 nitrogen and oxygen atoms in total. The third-order valence-electron chi connectivity index (χ3n) is 5.25. The van der Waals surface area contributed by atoms with Crippen LogP contribution in [0.4, 0.5) is 10.2 Å². The largest absolute Gasteiger partial charge is 0.377 e. The van der Waals surface area contributed by atoms with Gasteiger partial charge in [-0.05, 0) is 37.3 Å². The molecule has 1 aliphatic heterocycles. The second-order valence-corrected chi connectivity index (χ2v) is 7.16. The van der Waals surface area contributed by atoms with Gasteiger partial charge in [0.1, 0.15) is 5.82 Å². The first kappa shape index (κ1) is 17.8. The van der Waals surface area contributed by atoms with Crippen molar-refractivity contribution in [1.82, 2.24) is 19.9 Å². The van der Waals surface area contributed by atoms with Crippen LogP contribution in [0.3, 0.4) is 0 Å². The standard InChI is InChI=1S/C22H20FN5O/c1-14-13-29-9-8-28(14)20-11-15(17-4-2-3-6-24-17)10-18(27-20)21-16-5-7-25-19(16)12-26-22(21)23/h2-7,10-12,14,25H,8-9,13H2,1H3/t14-/m1/s1. The van der Waals surface area contributed by atoms with Crippen LogP contribution in [-0.2, 0) is 4.74 Å². The molecule has 0 radical (unpaired) electrons. The third kappa shape index (κ3) is 3.23.